The highest BCUT2D eigenvalue weighted by molar-refractivity contribution is 6.37. The van der Waals surface area contributed by atoms with Crippen molar-refractivity contribution in [3.63, 3.8) is 0 Å². The summed E-state index contributed by atoms with van der Waals surface area (Å²) < 4.78 is 16.7. The number of carbonyl (C=O) groups is 1. The Labute approximate surface area is 195 Å². The molecule has 0 aliphatic carbocycles. The lowest BCUT2D eigenvalue weighted by atomic mass is 10.1. The SMILES string of the molecule is COc1cc(/C=C2\N=C(c3ccc(Cl)cc3Cl)OC2=O)ccc1OCc1ccc(C)cc1. The Hall–Kier alpha value is -3.28. The van der Waals surface area contributed by atoms with Gasteiger partial charge in [0.1, 0.15) is 6.61 Å². The van der Waals surface area contributed by atoms with E-state index in [0.717, 1.165) is 5.56 Å². The first-order valence-electron chi connectivity index (χ1n) is 9.77. The molecule has 0 N–H and O–H groups in total. The first-order valence-corrected chi connectivity index (χ1v) is 10.5. The molecule has 1 aliphatic rings. The van der Waals surface area contributed by atoms with Crippen LogP contribution in [0.3, 0.4) is 0 Å². The summed E-state index contributed by atoms with van der Waals surface area (Å²) in [6.45, 7) is 2.46. The quantitative estimate of drug-likeness (QED) is 0.318. The third kappa shape index (κ3) is 4.96. The van der Waals surface area contributed by atoms with Gasteiger partial charge in [-0.1, -0.05) is 59.1 Å². The minimum Gasteiger partial charge on any atom is -0.493 e. The third-order valence-electron chi connectivity index (χ3n) is 4.79. The lowest BCUT2D eigenvalue weighted by molar-refractivity contribution is -0.129. The average Bonchev–Trinajstić information content (AvgIpc) is 3.13. The summed E-state index contributed by atoms with van der Waals surface area (Å²) in [5, 5.41) is 0.832. The molecule has 0 saturated heterocycles. The van der Waals surface area contributed by atoms with Gasteiger partial charge < -0.3 is 14.2 Å². The fourth-order valence-corrected chi connectivity index (χ4v) is 3.57. The van der Waals surface area contributed by atoms with Crippen molar-refractivity contribution in [2.75, 3.05) is 7.11 Å². The zero-order valence-corrected chi connectivity index (χ0v) is 18.9. The van der Waals surface area contributed by atoms with Gasteiger partial charge in [0.25, 0.3) is 0 Å². The molecule has 32 heavy (non-hydrogen) atoms. The molecule has 3 aromatic carbocycles. The monoisotopic (exact) mass is 467 g/mol. The van der Waals surface area contributed by atoms with Gasteiger partial charge in [0.05, 0.1) is 17.7 Å². The Morgan fingerprint density at radius 2 is 1.78 bits per heavy atom. The summed E-state index contributed by atoms with van der Waals surface area (Å²) in [7, 11) is 1.56. The van der Waals surface area contributed by atoms with Crippen molar-refractivity contribution in [1.29, 1.82) is 0 Å². The molecule has 162 valence electrons. The Bertz CT molecular complexity index is 1230. The van der Waals surface area contributed by atoms with Gasteiger partial charge in [-0.25, -0.2) is 9.79 Å². The van der Waals surface area contributed by atoms with Gasteiger partial charge in [0.2, 0.25) is 5.90 Å². The Balaban J connectivity index is 1.54. The van der Waals surface area contributed by atoms with E-state index in [4.69, 9.17) is 37.4 Å². The van der Waals surface area contributed by atoms with Crippen LogP contribution < -0.4 is 9.47 Å². The number of aliphatic imine (C=N–C) groups is 1. The van der Waals surface area contributed by atoms with E-state index in [2.05, 4.69) is 4.99 Å². The maximum absolute atomic E-state index is 12.3. The van der Waals surface area contributed by atoms with Crippen LogP contribution >= 0.6 is 23.2 Å². The van der Waals surface area contributed by atoms with Crippen LogP contribution in [-0.2, 0) is 16.1 Å². The van der Waals surface area contributed by atoms with Gasteiger partial charge >= 0.3 is 5.97 Å². The van der Waals surface area contributed by atoms with E-state index in [-0.39, 0.29) is 11.6 Å². The molecule has 1 heterocycles. The van der Waals surface area contributed by atoms with Crippen LogP contribution in [0.2, 0.25) is 10.0 Å². The molecule has 3 aromatic rings. The number of esters is 1. The van der Waals surface area contributed by atoms with Crippen LogP contribution in [0.5, 0.6) is 11.5 Å². The van der Waals surface area contributed by atoms with E-state index in [9.17, 15) is 4.79 Å². The van der Waals surface area contributed by atoms with E-state index in [1.54, 1.807) is 43.5 Å². The number of aryl methyl sites for hydroxylation is 1. The Kier molecular flexibility index (Phi) is 6.49. The van der Waals surface area contributed by atoms with Gasteiger partial charge in [-0.15, -0.1) is 0 Å². The minimum absolute atomic E-state index is 0.132. The van der Waals surface area contributed by atoms with Gasteiger partial charge in [-0.3, -0.25) is 0 Å². The summed E-state index contributed by atoms with van der Waals surface area (Å²) in [5.74, 6) is 0.710. The van der Waals surface area contributed by atoms with Crippen molar-refractivity contribution in [3.8, 4) is 11.5 Å². The fourth-order valence-electron chi connectivity index (χ4n) is 3.08. The number of hydrogen-bond acceptors (Lipinski definition) is 5. The molecule has 0 aromatic heterocycles. The molecule has 0 bridgehead atoms. The van der Waals surface area contributed by atoms with E-state index < -0.39 is 5.97 Å². The number of cyclic esters (lactones) is 1. The van der Waals surface area contributed by atoms with Crippen LogP contribution in [0, 0.1) is 6.92 Å². The molecule has 0 fully saturated rings. The van der Waals surface area contributed by atoms with Crippen LogP contribution in [0.15, 0.2) is 71.4 Å². The third-order valence-corrected chi connectivity index (χ3v) is 5.34. The number of hydrogen-bond donors (Lipinski definition) is 0. The highest BCUT2D eigenvalue weighted by Crippen LogP contribution is 2.31. The summed E-state index contributed by atoms with van der Waals surface area (Å²) >= 11 is 12.1. The zero-order chi connectivity index (χ0) is 22.7. The van der Waals surface area contributed by atoms with Gasteiger partial charge in [-0.2, -0.15) is 0 Å². The smallest absolute Gasteiger partial charge is 0.363 e. The van der Waals surface area contributed by atoms with Crippen molar-refractivity contribution in [3.05, 3.63) is 98.7 Å². The minimum atomic E-state index is -0.565. The van der Waals surface area contributed by atoms with E-state index >= 15 is 0 Å². The molecule has 0 atom stereocenters. The number of methoxy groups -OCH3 is 1. The van der Waals surface area contributed by atoms with Crippen molar-refractivity contribution >= 4 is 41.1 Å². The Morgan fingerprint density at radius 3 is 2.50 bits per heavy atom. The standard InChI is InChI=1S/C25H19Cl2NO4/c1-15-3-5-16(6-4-15)14-31-22-10-7-17(12-23(22)30-2)11-21-25(29)32-24(28-21)19-9-8-18(26)13-20(19)27/h3-13H,14H2,1-2H3/b21-11-. The molecular formula is C25H19Cl2NO4. The lowest BCUT2D eigenvalue weighted by Crippen LogP contribution is -2.05. The fraction of sp³-hybridized carbons (Fsp3) is 0.120. The largest absolute Gasteiger partial charge is 0.493 e. The molecular weight excluding hydrogens is 449 g/mol. The van der Waals surface area contributed by atoms with Crippen LogP contribution in [0.25, 0.3) is 6.08 Å². The highest BCUT2D eigenvalue weighted by atomic mass is 35.5. The molecule has 0 unspecified atom stereocenters. The van der Waals surface area contributed by atoms with Gasteiger partial charge in [0, 0.05) is 5.02 Å². The second-order valence-corrected chi connectivity index (χ2v) is 7.99. The van der Waals surface area contributed by atoms with Crippen molar-refractivity contribution in [2.24, 2.45) is 4.99 Å². The van der Waals surface area contributed by atoms with Crippen molar-refractivity contribution in [2.45, 2.75) is 13.5 Å². The van der Waals surface area contributed by atoms with Crippen LogP contribution in [-0.4, -0.2) is 19.0 Å². The number of ether oxygens (including phenoxy) is 3. The lowest BCUT2D eigenvalue weighted by Gasteiger charge is -2.11. The first kappa shape index (κ1) is 21.9. The van der Waals surface area contributed by atoms with E-state index in [0.29, 0.717) is 39.3 Å². The molecule has 0 spiro atoms. The predicted molar refractivity (Wildman–Crippen MR) is 126 cm³/mol. The number of rotatable bonds is 6. The second-order valence-electron chi connectivity index (χ2n) is 7.14. The van der Waals surface area contributed by atoms with E-state index in [1.807, 2.05) is 37.3 Å². The Morgan fingerprint density at radius 1 is 1.00 bits per heavy atom. The molecule has 0 radical (unpaired) electrons. The molecule has 4 rings (SSSR count). The van der Waals surface area contributed by atoms with Gasteiger partial charge in [0.15, 0.2) is 17.2 Å². The number of halogens is 2. The van der Waals surface area contributed by atoms with Crippen LogP contribution in [0.1, 0.15) is 22.3 Å². The molecule has 0 saturated carbocycles. The normalized spacial score (nSPS) is 14.3. The molecule has 5 nitrogen and oxygen atoms in total. The van der Waals surface area contributed by atoms with Crippen molar-refractivity contribution in [1.82, 2.24) is 0 Å². The number of nitrogens with zero attached hydrogens (tertiary/aromatic N) is 1. The summed E-state index contributed by atoms with van der Waals surface area (Å²) in [5.41, 5.74) is 3.61. The maximum atomic E-state index is 12.3. The number of carbonyl (C=O) groups excluding carboxylic acids is 1. The zero-order valence-electron chi connectivity index (χ0n) is 17.4. The summed E-state index contributed by atoms with van der Waals surface area (Å²) in [6, 6.07) is 18.4. The average molecular weight is 468 g/mol. The summed E-state index contributed by atoms with van der Waals surface area (Å²) in [4.78, 5) is 16.6. The van der Waals surface area contributed by atoms with Crippen molar-refractivity contribution < 1.29 is 19.0 Å². The summed E-state index contributed by atoms with van der Waals surface area (Å²) in [6.07, 6.45) is 1.62. The predicted octanol–water partition coefficient (Wildman–Crippen LogP) is 6.23. The second kappa shape index (κ2) is 9.47. The van der Waals surface area contributed by atoms with E-state index in [1.165, 1.54) is 5.56 Å². The molecule has 0 amide bonds. The topological polar surface area (TPSA) is 57.1 Å². The maximum Gasteiger partial charge on any atom is 0.363 e. The van der Waals surface area contributed by atoms with Crippen LogP contribution in [0.4, 0.5) is 0 Å². The first-order chi connectivity index (χ1) is 15.4. The highest BCUT2D eigenvalue weighted by Gasteiger charge is 2.25. The number of benzene rings is 3. The van der Waals surface area contributed by atoms with Gasteiger partial charge in [-0.05, 0) is 54.5 Å². The molecule has 7 heteroatoms. The molecule has 1 aliphatic heterocycles.